The van der Waals surface area contributed by atoms with Crippen LogP contribution in [0.15, 0.2) is 28.1 Å². The number of aliphatic imine (C=N–C) groups is 1. The normalized spacial score (nSPS) is 16.0. The van der Waals surface area contributed by atoms with E-state index < -0.39 is 9.84 Å². The molecule has 1 aliphatic rings. The highest BCUT2D eigenvalue weighted by molar-refractivity contribution is 7.90. The number of likely N-dealkylation sites (tertiary alicyclic amines) is 1. The van der Waals surface area contributed by atoms with Gasteiger partial charge in [0.05, 0.1) is 11.4 Å². The van der Waals surface area contributed by atoms with E-state index >= 15 is 0 Å². The summed E-state index contributed by atoms with van der Waals surface area (Å²) in [4.78, 5) is 7.52. The van der Waals surface area contributed by atoms with Gasteiger partial charge in [-0.25, -0.2) is 13.4 Å². The van der Waals surface area contributed by atoms with Crippen LogP contribution in [0, 0.1) is 6.92 Å². The van der Waals surface area contributed by atoms with Crippen molar-refractivity contribution in [3.8, 4) is 0 Å². The number of nitrogens with one attached hydrogen (secondary N) is 2. The van der Waals surface area contributed by atoms with Gasteiger partial charge in [0, 0.05) is 19.3 Å². The third-order valence-electron chi connectivity index (χ3n) is 4.55. The fourth-order valence-corrected chi connectivity index (χ4v) is 4.21. The molecular formula is C19H32N4O2S. The van der Waals surface area contributed by atoms with E-state index in [4.69, 9.17) is 0 Å². The Morgan fingerprint density at radius 1 is 1.23 bits per heavy atom. The van der Waals surface area contributed by atoms with Crippen LogP contribution in [-0.2, 0) is 16.4 Å². The molecule has 1 aromatic carbocycles. The van der Waals surface area contributed by atoms with Gasteiger partial charge in [0.25, 0.3) is 0 Å². The van der Waals surface area contributed by atoms with E-state index in [1.165, 1.54) is 32.2 Å². The van der Waals surface area contributed by atoms with Crippen molar-refractivity contribution >= 4 is 15.8 Å². The van der Waals surface area contributed by atoms with Gasteiger partial charge >= 0.3 is 0 Å². The molecule has 6 nitrogen and oxygen atoms in total. The maximum Gasteiger partial charge on any atom is 0.191 e. The van der Waals surface area contributed by atoms with Crippen LogP contribution in [0.2, 0.25) is 0 Å². The fourth-order valence-electron chi connectivity index (χ4n) is 3.25. The molecule has 0 spiro atoms. The number of nitrogens with zero attached hydrogens (tertiary/aromatic N) is 2. The predicted octanol–water partition coefficient (Wildman–Crippen LogP) is 1.94. The summed E-state index contributed by atoms with van der Waals surface area (Å²) in [6.45, 7) is 9.70. The molecule has 0 atom stereocenters. The molecule has 0 bridgehead atoms. The van der Waals surface area contributed by atoms with Gasteiger partial charge in [-0.1, -0.05) is 12.1 Å². The maximum absolute atomic E-state index is 11.7. The van der Waals surface area contributed by atoms with E-state index in [2.05, 4.69) is 20.5 Å². The first-order valence-electron chi connectivity index (χ1n) is 9.44. The van der Waals surface area contributed by atoms with Crippen molar-refractivity contribution in [1.82, 2.24) is 15.5 Å². The van der Waals surface area contributed by atoms with Crippen molar-refractivity contribution in [3.63, 3.8) is 0 Å². The Balaban J connectivity index is 1.88. The first kappa shape index (κ1) is 20.7. The molecule has 0 aromatic heterocycles. The topological polar surface area (TPSA) is 73.8 Å². The predicted molar refractivity (Wildman–Crippen MR) is 107 cm³/mol. The van der Waals surface area contributed by atoms with Gasteiger partial charge in [0.1, 0.15) is 0 Å². The molecule has 26 heavy (non-hydrogen) atoms. The fraction of sp³-hybridized carbons (Fsp3) is 0.632. The summed E-state index contributed by atoms with van der Waals surface area (Å²) in [7, 11) is -3.18. The van der Waals surface area contributed by atoms with Crippen LogP contribution in [0.1, 0.15) is 37.3 Å². The van der Waals surface area contributed by atoms with Gasteiger partial charge in [0.2, 0.25) is 0 Å². The molecule has 2 rings (SSSR count). The van der Waals surface area contributed by atoms with Crippen LogP contribution in [-0.4, -0.2) is 58.3 Å². The summed E-state index contributed by atoms with van der Waals surface area (Å²) in [5.74, 6) is 0.804. The molecule has 7 heteroatoms. The summed E-state index contributed by atoms with van der Waals surface area (Å²) in [5.41, 5.74) is 1.77. The lowest BCUT2D eigenvalue weighted by Gasteiger charge is -2.16. The third-order valence-corrected chi connectivity index (χ3v) is 5.80. The van der Waals surface area contributed by atoms with Crippen LogP contribution in [0.3, 0.4) is 0 Å². The zero-order chi connectivity index (χ0) is 19.0. The Kier molecular flexibility index (Phi) is 7.90. The first-order valence-corrected chi connectivity index (χ1v) is 11.3. The number of hydrogen-bond acceptors (Lipinski definition) is 4. The number of aryl methyl sites for hydroxylation is 1. The number of benzene rings is 1. The Hall–Kier alpha value is -1.60. The van der Waals surface area contributed by atoms with Gasteiger partial charge in [-0.05, 0) is 69.9 Å². The van der Waals surface area contributed by atoms with Crippen LogP contribution in [0.4, 0.5) is 0 Å². The molecule has 0 amide bonds. The first-order chi connectivity index (χ1) is 12.4. The van der Waals surface area contributed by atoms with Crippen molar-refractivity contribution in [2.75, 3.05) is 39.0 Å². The molecule has 1 aliphatic heterocycles. The van der Waals surface area contributed by atoms with Gasteiger partial charge in [0.15, 0.2) is 15.8 Å². The molecule has 0 aliphatic carbocycles. The second kappa shape index (κ2) is 9.92. The molecule has 1 saturated heterocycles. The van der Waals surface area contributed by atoms with E-state index in [-0.39, 0.29) is 0 Å². The van der Waals surface area contributed by atoms with E-state index in [9.17, 15) is 8.42 Å². The lowest BCUT2D eigenvalue weighted by atomic mass is 10.1. The SMILES string of the molecule is CCNC(=NCc1ccc(S(C)(=O)=O)c(C)c1)NCCCN1CCCC1. The molecule has 2 N–H and O–H groups in total. The Bertz CT molecular complexity index is 710. The van der Waals surface area contributed by atoms with Crippen molar-refractivity contribution in [3.05, 3.63) is 29.3 Å². The van der Waals surface area contributed by atoms with E-state index in [0.717, 1.165) is 43.1 Å². The number of guanidine groups is 1. The van der Waals surface area contributed by atoms with Gasteiger partial charge in [-0.2, -0.15) is 0 Å². The molecule has 0 saturated carbocycles. The minimum atomic E-state index is -3.18. The van der Waals surface area contributed by atoms with Crippen LogP contribution >= 0.6 is 0 Å². The number of rotatable bonds is 8. The molecule has 1 fully saturated rings. The van der Waals surface area contributed by atoms with E-state index in [1.54, 1.807) is 6.07 Å². The molecule has 1 aromatic rings. The summed E-state index contributed by atoms with van der Waals surface area (Å²) in [6, 6.07) is 5.41. The number of hydrogen-bond donors (Lipinski definition) is 2. The maximum atomic E-state index is 11.7. The van der Waals surface area contributed by atoms with Crippen molar-refractivity contribution < 1.29 is 8.42 Å². The van der Waals surface area contributed by atoms with E-state index in [0.29, 0.717) is 11.4 Å². The van der Waals surface area contributed by atoms with Gasteiger partial charge < -0.3 is 15.5 Å². The second-order valence-electron chi connectivity index (χ2n) is 6.90. The van der Waals surface area contributed by atoms with Crippen LogP contribution in [0.25, 0.3) is 0 Å². The average molecular weight is 381 g/mol. The molecule has 0 unspecified atom stereocenters. The molecule has 146 valence electrons. The van der Waals surface area contributed by atoms with Crippen LogP contribution < -0.4 is 10.6 Å². The highest BCUT2D eigenvalue weighted by Gasteiger charge is 2.11. The highest BCUT2D eigenvalue weighted by Crippen LogP contribution is 2.17. The minimum absolute atomic E-state index is 0.386. The number of sulfone groups is 1. The lowest BCUT2D eigenvalue weighted by molar-refractivity contribution is 0.334. The Morgan fingerprint density at radius 3 is 2.58 bits per heavy atom. The Labute approximate surface area is 158 Å². The van der Waals surface area contributed by atoms with Gasteiger partial charge in [-0.15, -0.1) is 0 Å². The van der Waals surface area contributed by atoms with Crippen molar-refractivity contribution in [1.29, 1.82) is 0 Å². The standard InChI is InChI=1S/C19H32N4O2S/c1-4-20-19(21-10-7-13-23-11-5-6-12-23)22-15-17-8-9-18(16(2)14-17)26(3,24)25/h8-9,14H,4-7,10-13,15H2,1-3H3,(H2,20,21,22). The summed E-state index contributed by atoms with van der Waals surface area (Å²) in [6.07, 6.45) is 5.00. The largest absolute Gasteiger partial charge is 0.357 e. The van der Waals surface area contributed by atoms with Gasteiger partial charge in [-0.3, -0.25) is 0 Å². The van der Waals surface area contributed by atoms with Crippen molar-refractivity contribution in [2.45, 2.75) is 44.6 Å². The quantitative estimate of drug-likeness (QED) is 0.410. The van der Waals surface area contributed by atoms with Crippen molar-refractivity contribution in [2.24, 2.45) is 4.99 Å². The zero-order valence-corrected chi connectivity index (χ0v) is 17.0. The highest BCUT2D eigenvalue weighted by atomic mass is 32.2. The summed E-state index contributed by atoms with van der Waals surface area (Å²) < 4.78 is 23.4. The monoisotopic (exact) mass is 380 g/mol. The smallest absolute Gasteiger partial charge is 0.191 e. The zero-order valence-electron chi connectivity index (χ0n) is 16.2. The Morgan fingerprint density at radius 2 is 1.96 bits per heavy atom. The third kappa shape index (κ3) is 6.61. The summed E-state index contributed by atoms with van der Waals surface area (Å²) >= 11 is 0. The van der Waals surface area contributed by atoms with Crippen LogP contribution in [0.5, 0.6) is 0 Å². The van der Waals surface area contributed by atoms with E-state index in [1.807, 2.05) is 26.0 Å². The molecule has 1 heterocycles. The summed E-state index contributed by atoms with van der Waals surface area (Å²) in [5, 5.41) is 6.64. The minimum Gasteiger partial charge on any atom is -0.357 e. The molecular weight excluding hydrogens is 348 g/mol. The lowest BCUT2D eigenvalue weighted by Crippen LogP contribution is -2.38. The average Bonchev–Trinajstić information content (AvgIpc) is 3.08. The second-order valence-corrected chi connectivity index (χ2v) is 8.88. The molecule has 0 radical (unpaired) electrons.